The third-order valence-electron chi connectivity index (χ3n) is 3.44. The molecular formula is C17H16N4O2. The van der Waals surface area contributed by atoms with Crippen LogP contribution in [0.5, 0.6) is 0 Å². The van der Waals surface area contributed by atoms with Crippen LogP contribution in [0.4, 0.5) is 11.5 Å². The molecule has 0 aliphatic carbocycles. The average Bonchev–Trinajstić information content (AvgIpc) is 2.87. The summed E-state index contributed by atoms with van der Waals surface area (Å²) < 4.78 is 6.61. The van der Waals surface area contributed by atoms with Gasteiger partial charge in [0.2, 0.25) is 0 Å². The van der Waals surface area contributed by atoms with Crippen molar-refractivity contribution in [3.8, 4) is 0 Å². The molecule has 6 heteroatoms. The van der Waals surface area contributed by atoms with E-state index in [1.54, 1.807) is 24.3 Å². The number of aryl methyl sites for hydroxylation is 2. The van der Waals surface area contributed by atoms with Gasteiger partial charge in [0.1, 0.15) is 5.65 Å². The van der Waals surface area contributed by atoms with Gasteiger partial charge < -0.3 is 4.74 Å². The summed E-state index contributed by atoms with van der Waals surface area (Å²) in [6, 6.07) is 10.8. The molecule has 0 saturated carbocycles. The zero-order valence-electron chi connectivity index (χ0n) is 13.1. The zero-order chi connectivity index (χ0) is 16.4. The maximum Gasteiger partial charge on any atom is 0.337 e. The molecule has 1 aromatic carbocycles. The Balaban J connectivity index is 1.99. The molecular weight excluding hydrogens is 292 g/mol. The van der Waals surface area contributed by atoms with E-state index in [-0.39, 0.29) is 0 Å². The van der Waals surface area contributed by atoms with E-state index in [0.717, 1.165) is 16.9 Å². The van der Waals surface area contributed by atoms with E-state index in [2.05, 4.69) is 15.2 Å². The fourth-order valence-electron chi connectivity index (χ4n) is 2.29. The smallest absolute Gasteiger partial charge is 0.337 e. The molecule has 116 valence electrons. The van der Waals surface area contributed by atoms with Crippen LogP contribution in [0.3, 0.4) is 0 Å². The van der Waals surface area contributed by atoms with E-state index in [4.69, 9.17) is 4.74 Å². The number of esters is 1. The van der Waals surface area contributed by atoms with Crippen molar-refractivity contribution in [2.24, 2.45) is 10.2 Å². The number of ether oxygens (including phenoxy) is 1. The first kappa shape index (κ1) is 14.9. The number of azo groups is 1. The topological polar surface area (TPSA) is 68.3 Å². The summed E-state index contributed by atoms with van der Waals surface area (Å²) in [6.07, 6.45) is 1.97. The maximum atomic E-state index is 11.6. The Morgan fingerprint density at radius 3 is 2.78 bits per heavy atom. The fourth-order valence-corrected chi connectivity index (χ4v) is 2.29. The first-order valence-electron chi connectivity index (χ1n) is 7.14. The Kier molecular flexibility index (Phi) is 3.89. The lowest BCUT2D eigenvalue weighted by Crippen LogP contribution is -1.99. The second-order valence-corrected chi connectivity index (χ2v) is 5.20. The van der Waals surface area contributed by atoms with Gasteiger partial charge in [-0.3, -0.25) is 4.40 Å². The summed E-state index contributed by atoms with van der Waals surface area (Å²) in [5.41, 5.74) is 3.75. The zero-order valence-corrected chi connectivity index (χ0v) is 13.1. The van der Waals surface area contributed by atoms with E-state index in [1.807, 2.05) is 36.6 Å². The lowest BCUT2D eigenvalue weighted by molar-refractivity contribution is 0.0601. The number of carbonyl (C=O) groups excluding carboxylic acids is 1. The van der Waals surface area contributed by atoms with Crippen LogP contribution in [0.25, 0.3) is 5.65 Å². The van der Waals surface area contributed by atoms with Crippen molar-refractivity contribution >= 4 is 23.1 Å². The number of fused-ring (bicyclic) bond motifs is 1. The van der Waals surface area contributed by atoms with Gasteiger partial charge in [-0.05, 0) is 43.7 Å². The minimum atomic E-state index is -0.399. The number of hydrogen-bond donors (Lipinski definition) is 0. The molecule has 0 unspecified atom stereocenters. The average molecular weight is 308 g/mol. The van der Waals surface area contributed by atoms with E-state index in [1.165, 1.54) is 7.11 Å². The van der Waals surface area contributed by atoms with Crippen LogP contribution < -0.4 is 0 Å². The number of nitrogens with zero attached hydrogens (tertiary/aromatic N) is 4. The Hall–Kier alpha value is -3.02. The number of pyridine rings is 1. The highest BCUT2D eigenvalue weighted by Crippen LogP contribution is 2.24. The molecule has 0 atom stereocenters. The summed E-state index contributed by atoms with van der Waals surface area (Å²) in [4.78, 5) is 16.0. The number of aromatic nitrogens is 2. The standard InChI is InChI=1S/C17H16N4O2/c1-11-7-8-15-18-12(2)16(21(15)10-11)20-19-14-6-4-5-13(9-14)17(22)23-3/h4-10H,1-3H3. The van der Waals surface area contributed by atoms with E-state index in [9.17, 15) is 4.79 Å². The predicted octanol–water partition coefficient (Wildman–Crippen LogP) is 4.15. The third-order valence-corrected chi connectivity index (χ3v) is 3.44. The largest absolute Gasteiger partial charge is 0.465 e. The van der Waals surface area contributed by atoms with Crippen LogP contribution in [0.15, 0.2) is 52.8 Å². The van der Waals surface area contributed by atoms with Gasteiger partial charge >= 0.3 is 5.97 Å². The van der Waals surface area contributed by atoms with Gasteiger partial charge in [0.15, 0.2) is 5.82 Å². The van der Waals surface area contributed by atoms with Crippen molar-refractivity contribution in [1.29, 1.82) is 0 Å². The van der Waals surface area contributed by atoms with Crippen molar-refractivity contribution in [1.82, 2.24) is 9.38 Å². The Morgan fingerprint density at radius 2 is 2.00 bits per heavy atom. The van der Waals surface area contributed by atoms with Gasteiger partial charge in [-0.15, -0.1) is 10.2 Å². The Morgan fingerprint density at radius 1 is 1.17 bits per heavy atom. The van der Waals surface area contributed by atoms with Crippen LogP contribution in [0.2, 0.25) is 0 Å². The van der Waals surface area contributed by atoms with Gasteiger partial charge in [-0.1, -0.05) is 12.1 Å². The summed E-state index contributed by atoms with van der Waals surface area (Å²) in [5, 5.41) is 8.53. The first-order valence-corrected chi connectivity index (χ1v) is 7.14. The number of carbonyl (C=O) groups is 1. The molecule has 0 saturated heterocycles. The molecule has 0 amide bonds. The normalized spacial score (nSPS) is 11.3. The maximum absolute atomic E-state index is 11.6. The highest BCUT2D eigenvalue weighted by atomic mass is 16.5. The monoisotopic (exact) mass is 308 g/mol. The van der Waals surface area contributed by atoms with Gasteiger partial charge in [-0.25, -0.2) is 9.78 Å². The molecule has 0 radical (unpaired) electrons. The van der Waals surface area contributed by atoms with E-state index >= 15 is 0 Å². The van der Waals surface area contributed by atoms with Crippen LogP contribution in [0.1, 0.15) is 21.6 Å². The second kappa shape index (κ2) is 6.00. The molecule has 0 spiro atoms. The predicted molar refractivity (Wildman–Crippen MR) is 86.6 cm³/mol. The second-order valence-electron chi connectivity index (χ2n) is 5.20. The SMILES string of the molecule is COC(=O)c1cccc(N=Nc2c(C)nc3ccc(C)cn23)c1. The molecule has 3 aromatic rings. The number of benzene rings is 1. The summed E-state index contributed by atoms with van der Waals surface area (Å²) in [6.45, 7) is 3.90. The molecule has 0 aliphatic rings. The molecule has 2 heterocycles. The van der Waals surface area contributed by atoms with Crippen molar-refractivity contribution in [3.63, 3.8) is 0 Å². The van der Waals surface area contributed by atoms with Crippen LogP contribution >= 0.6 is 0 Å². The molecule has 0 fully saturated rings. The molecule has 0 N–H and O–H groups in total. The lowest BCUT2D eigenvalue weighted by Gasteiger charge is -2.00. The molecule has 0 aliphatic heterocycles. The number of imidazole rings is 1. The van der Waals surface area contributed by atoms with Gasteiger partial charge in [-0.2, -0.15) is 0 Å². The van der Waals surface area contributed by atoms with Crippen LogP contribution in [0, 0.1) is 13.8 Å². The summed E-state index contributed by atoms with van der Waals surface area (Å²) in [5.74, 6) is 0.274. The molecule has 23 heavy (non-hydrogen) atoms. The Bertz CT molecular complexity index is 912. The van der Waals surface area contributed by atoms with Gasteiger partial charge in [0, 0.05) is 6.20 Å². The number of rotatable bonds is 3. The minimum Gasteiger partial charge on any atom is -0.465 e. The van der Waals surface area contributed by atoms with Crippen molar-refractivity contribution in [2.75, 3.05) is 7.11 Å². The van der Waals surface area contributed by atoms with Crippen LogP contribution in [-0.4, -0.2) is 22.5 Å². The summed E-state index contributed by atoms with van der Waals surface area (Å²) >= 11 is 0. The van der Waals surface area contributed by atoms with E-state index < -0.39 is 5.97 Å². The minimum absolute atomic E-state index is 0.399. The molecule has 2 aromatic heterocycles. The molecule has 0 bridgehead atoms. The first-order chi connectivity index (χ1) is 11.1. The van der Waals surface area contributed by atoms with Crippen molar-refractivity contribution in [2.45, 2.75) is 13.8 Å². The van der Waals surface area contributed by atoms with Gasteiger partial charge in [0.05, 0.1) is 24.1 Å². The number of methoxy groups -OCH3 is 1. The molecule has 3 rings (SSSR count). The fraction of sp³-hybridized carbons (Fsp3) is 0.176. The number of hydrogen-bond acceptors (Lipinski definition) is 5. The van der Waals surface area contributed by atoms with Crippen LogP contribution in [-0.2, 0) is 4.74 Å². The van der Waals surface area contributed by atoms with E-state index in [0.29, 0.717) is 17.1 Å². The van der Waals surface area contributed by atoms with Crippen molar-refractivity contribution < 1.29 is 9.53 Å². The van der Waals surface area contributed by atoms with Crippen molar-refractivity contribution in [3.05, 3.63) is 59.4 Å². The Labute approximate surface area is 133 Å². The quantitative estimate of drug-likeness (QED) is 0.539. The molecule has 6 nitrogen and oxygen atoms in total. The lowest BCUT2D eigenvalue weighted by atomic mass is 10.2. The highest BCUT2D eigenvalue weighted by Gasteiger charge is 2.09. The van der Waals surface area contributed by atoms with Gasteiger partial charge in [0.25, 0.3) is 0 Å². The third kappa shape index (κ3) is 2.96. The highest BCUT2D eigenvalue weighted by molar-refractivity contribution is 5.90. The summed E-state index contributed by atoms with van der Waals surface area (Å²) in [7, 11) is 1.35.